The van der Waals surface area contributed by atoms with Crippen molar-refractivity contribution in [3.05, 3.63) is 54.9 Å². The maximum absolute atomic E-state index is 12.7. The van der Waals surface area contributed by atoms with Gasteiger partial charge in [0.05, 0.1) is 22.4 Å². The van der Waals surface area contributed by atoms with Crippen LogP contribution < -0.4 is 5.32 Å². The van der Waals surface area contributed by atoms with Crippen LogP contribution in [-0.4, -0.2) is 44.0 Å². The molecule has 1 fully saturated rings. The average molecular weight is 400 g/mol. The zero-order chi connectivity index (χ0) is 20.3. The maximum Gasteiger partial charge on any atom is 0.321 e. The molecule has 7 heteroatoms. The number of hydrogen-bond donors (Lipinski definition) is 3. The lowest BCUT2D eigenvalue weighted by molar-refractivity contribution is 0.214. The lowest BCUT2D eigenvalue weighted by atomic mass is 10.1. The molecule has 0 bridgehead atoms. The monoisotopic (exact) mass is 400 g/mol. The molecular formula is C23H24N6O. The first-order chi connectivity index (χ1) is 14.8. The molecule has 5 rings (SSSR count). The molecule has 30 heavy (non-hydrogen) atoms. The smallest absolute Gasteiger partial charge is 0.321 e. The molecule has 4 aromatic rings. The topological polar surface area (TPSA) is 89.7 Å². The summed E-state index contributed by atoms with van der Waals surface area (Å²) in [5.74, 6) is 0. The molecule has 0 atom stereocenters. The van der Waals surface area contributed by atoms with Gasteiger partial charge in [-0.05, 0) is 55.3 Å². The summed E-state index contributed by atoms with van der Waals surface area (Å²) in [7, 11) is 0. The number of urea groups is 1. The summed E-state index contributed by atoms with van der Waals surface area (Å²) < 4.78 is 0. The van der Waals surface area contributed by atoms with Crippen LogP contribution >= 0.6 is 0 Å². The highest BCUT2D eigenvalue weighted by molar-refractivity contribution is 5.93. The van der Waals surface area contributed by atoms with Gasteiger partial charge in [0.15, 0.2) is 0 Å². The molecule has 0 spiro atoms. The lowest BCUT2D eigenvalue weighted by Crippen LogP contribution is -2.35. The van der Waals surface area contributed by atoms with Gasteiger partial charge < -0.3 is 20.2 Å². The summed E-state index contributed by atoms with van der Waals surface area (Å²) in [5.41, 5.74) is 5.62. The van der Waals surface area contributed by atoms with E-state index in [4.69, 9.17) is 9.97 Å². The van der Waals surface area contributed by atoms with Crippen molar-refractivity contribution in [2.75, 3.05) is 18.4 Å². The highest BCUT2D eigenvalue weighted by Crippen LogP contribution is 2.30. The second kappa shape index (κ2) is 8.02. The quantitative estimate of drug-likeness (QED) is 0.451. The summed E-state index contributed by atoms with van der Waals surface area (Å²) >= 11 is 0. The van der Waals surface area contributed by atoms with E-state index in [0.717, 1.165) is 65.4 Å². The first-order valence-corrected chi connectivity index (χ1v) is 10.4. The summed E-state index contributed by atoms with van der Waals surface area (Å²) in [5, 5.41) is 3.03. The lowest BCUT2D eigenvalue weighted by Gasteiger charge is -2.20. The molecule has 152 valence electrons. The second-order valence-corrected chi connectivity index (χ2v) is 7.62. The van der Waals surface area contributed by atoms with Crippen LogP contribution in [0.25, 0.3) is 33.8 Å². The summed E-state index contributed by atoms with van der Waals surface area (Å²) in [6.07, 6.45) is 8.27. The molecule has 0 aliphatic carbocycles. The van der Waals surface area contributed by atoms with E-state index in [2.05, 4.69) is 15.3 Å². The van der Waals surface area contributed by atoms with Crippen LogP contribution in [0.4, 0.5) is 10.5 Å². The Kier molecular flexibility index (Phi) is 4.93. The number of likely N-dealkylation sites (tertiary alicyclic amines) is 1. The fraction of sp³-hybridized carbons (Fsp3) is 0.261. The van der Waals surface area contributed by atoms with E-state index in [1.165, 1.54) is 12.8 Å². The molecule has 0 saturated carbocycles. The minimum atomic E-state index is -0.0446. The third-order valence-electron chi connectivity index (χ3n) is 5.51. The molecule has 3 aromatic heterocycles. The Bertz CT molecular complexity index is 1140. The van der Waals surface area contributed by atoms with Gasteiger partial charge in [-0.15, -0.1) is 0 Å². The van der Waals surface area contributed by atoms with Crippen molar-refractivity contribution in [2.45, 2.75) is 25.7 Å². The van der Waals surface area contributed by atoms with Gasteiger partial charge in [-0.25, -0.2) is 14.8 Å². The molecule has 3 N–H and O–H groups in total. The van der Waals surface area contributed by atoms with Gasteiger partial charge in [-0.2, -0.15) is 0 Å². The molecule has 1 saturated heterocycles. The van der Waals surface area contributed by atoms with Crippen LogP contribution in [0.3, 0.4) is 0 Å². The Labute approximate surface area is 174 Å². The maximum atomic E-state index is 12.7. The van der Waals surface area contributed by atoms with Crippen molar-refractivity contribution in [3.63, 3.8) is 0 Å². The standard InChI is InChI=1S/C23H24N6O/c30-23(29-13-3-1-2-4-14-29)26-16-9-10-17-20(15-16)28-22(19-8-6-12-25-19)21(27-17)18-7-5-11-24-18/h5-12,15,24-25H,1-4,13-14H2,(H,26,30). The normalized spacial score (nSPS) is 14.6. The van der Waals surface area contributed by atoms with Crippen molar-refractivity contribution < 1.29 is 4.79 Å². The largest absolute Gasteiger partial charge is 0.360 e. The Morgan fingerprint density at radius 3 is 2.07 bits per heavy atom. The first-order valence-electron chi connectivity index (χ1n) is 10.4. The van der Waals surface area contributed by atoms with Crippen molar-refractivity contribution >= 4 is 22.8 Å². The molecule has 2 amide bonds. The molecule has 1 aliphatic rings. The molecular weight excluding hydrogens is 376 g/mol. The van der Waals surface area contributed by atoms with Gasteiger partial charge in [0.2, 0.25) is 0 Å². The number of anilines is 1. The van der Waals surface area contributed by atoms with E-state index in [9.17, 15) is 4.79 Å². The van der Waals surface area contributed by atoms with E-state index >= 15 is 0 Å². The number of aromatic amines is 2. The Balaban J connectivity index is 1.50. The predicted molar refractivity (Wildman–Crippen MR) is 118 cm³/mol. The van der Waals surface area contributed by atoms with Crippen LogP contribution in [0.2, 0.25) is 0 Å². The minimum Gasteiger partial charge on any atom is -0.360 e. The second-order valence-electron chi connectivity index (χ2n) is 7.62. The highest BCUT2D eigenvalue weighted by Gasteiger charge is 2.17. The number of H-pyrrole nitrogens is 2. The van der Waals surface area contributed by atoms with Crippen molar-refractivity contribution in [2.24, 2.45) is 0 Å². The number of nitrogens with one attached hydrogen (secondary N) is 3. The van der Waals surface area contributed by atoms with E-state index in [-0.39, 0.29) is 6.03 Å². The van der Waals surface area contributed by atoms with Crippen molar-refractivity contribution in [1.29, 1.82) is 0 Å². The number of aromatic nitrogens is 4. The number of amides is 2. The van der Waals surface area contributed by atoms with Gasteiger partial charge in [0, 0.05) is 31.2 Å². The minimum absolute atomic E-state index is 0.0446. The molecule has 4 heterocycles. The summed E-state index contributed by atoms with van der Waals surface area (Å²) in [6.45, 7) is 1.63. The Morgan fingerprint density at radius 2 is 1.47 bits per heavy atom. The fourth-order valence-electron chi connectivity index (χ4n) is 3.94. The predicted octanol–water partition coefficient (Wildman–Crippen LogP) is 5.03. The van der Waals surface area contributed by atoms with Gasteiger partial charge in [-0.3, -0.25) is 0 Å². The molecule has 0 unspecified atom stereocenters. The van der Waals surface area contributed by atoms with Crippen LogP contribution in [-0.2, 0) is 0 Å². The molecule has 1 aromatic carbocycles. The fourth-order valence-corrected chi connectivity index (χ4v) is 3.94. The Hall–Kier alpha value is -3.61. The van der Waals surface area contributed by atoms with Crippen molar-refractivity contribution in [1.82, 2.24) is 24.8 Å². The SMILES string of the molecule is O=C(Nc1ccc2nc(-c3ccc[nH]3)c(-c3ccc[nH]3)nc2c1)N1CCCCCC1. The third-order valence-corrected chi connectivity index (χ3v) is 5.51. The molecule has 1 aliphatic heterocycles. The van der Waals surface area contributed by atoms with Crippen LogP contribution in [0, 0.1) is 0 Å². The van der Waals surface area contributed by atoms with Crippen LogP contribution in [0.1, 0.15) is 25.7 Å². The summed E-state index contributed by atoms with van der Waals surface area (Å²) in [6, 6.07) is 13.5. The zero-order valence-electron chi connectivity index (χ0n) is 16.7. The zero-order valence-corrected chi connectivity index (χ0v) is 16.7. The number of fused-ring (bicyclic) bond motifs is 1. The van der Waals surface area contributed by atoms with Crippen LogP contribution in [0.5, 0.6) is 0 Å². The van der Waals surface area contributed by atoms with Crippen LogP contribution in [0.15, 0.2) is 54.9 Å². The number of carbonyl (C=O) groups excluding carboxylic acids is 1. The van der Waals surface area contributed by atoms with E-state index in [1.807, 2.05) is 59.8 Å². The highest BCUT2D eigenvalue weighted by atomic mass is 16.2. The van der Waals surface area contributed by atoms with E-state index in [0.29, 0.717) is 0 Å². The molecule has 0 radical (unpaired) electrons. The number of carbonyl (C=O) groups is 1. The Morgan fingerprint density at radius 1 is 0.833 bits per heavy atom. The number of hydrogen-bond acceptors (Lipinski definition) is 3. The molecule has 7 nitrogen and oxygen atoms in total. The first kappa shape index (κ1) is 18.4. The number of rotatable bonds is 3. The van der Waals surface area contributed by atoms with E-state index in [1.54, 1.807) is 0 Å². The number of nitrogens with zero attached hydrogens (tertiary/aromatic N) is 3. The summed E-state index contributed by atoms with van der Waals surface area (Å²) in [4.78, 5) is 30.8. The third kappa shape index (κ3) is 3.66. The van der Waals surface area contributed by atoms with Gasteiger partial charge in [0.1, 0.15) is 11.4 Å². The van der Waals surface area contributed by atoms with Gasteiger partial charge >= 0.3 is 6.03 Å². The number of benzene rings is 1. The van der Waals surface area contributed by atoms with Gasteiger partial charge in [0.25, 0.3) is 0 Å². The van der Waals surface area contributed by atoms with Gasteiger partial charge in [-0.1, -0.05) is 12.8 Å². The average Bonchev–Trinajstić information content (AvgIpc) is 3.43. The van der Waals surface area contributed by atoms with Crippen molar-refractivity contribution in [3.8, 4) is 22.8 Å². The van der Waals surface area contributed by atoms with E-state index < -0.39 is 0 Å².